The molecule has 0 unspecified atom stereocenters. The van der Waals surface area contributed by atoms with E-state index in [9.17, 15) is 9.59 Å². The van der Waals surface area contributed by atoms with Crippen LogP contribution < -0.4 is 10.1 Å². The first kappa shape index (κ1) is 20.0. The van der Waals surface area contributed by atoms with E-state index >= 15 is 0 Å². The van der Waals surface area contributed by atoms with Crippen LogP contribution in [0.1, 0.15) is 29.2 Å². The van der Waals surface area contributed by atoms with Gasteiger partial charge in [-0.15, -0.1) is 0 Å². The number of rotatable bonds is 6. The van der Waals surface area contributed by atoms with Crippen LogP contribution in [0.4, 0.5) is 5.69 Å². The van der Waals surface area contributed by atoms with Crippen LogP contribution in [0.2, 0.25) is 0 Å². The van der Waals surface area contributed by atoms with Gasteiger partial charge in [-0.05, 0) is 57.0 Å². The van der Waals surface area contributed by atoms with Crippen molar-refractivity contribution in [2.45, 2.75) is 33.8 Å². The predicted molar refractivity (Wildman–Crippen MR) is 101 cm³/mol. The van der Waals surface area contributed by atoms with Crippen LogP contribution in [0.3, 0.4) is 0 Å². The number of nitrogens with one attached hydrogen (secondary N) is 1. The minimum Gasteiger partial charge on any atom is -0.481 e. The third-order valence-corrected chi connectivity index (χ3v) is 3.88. The van der Waals surface area contributed by atoms with Crippen molar-refractivity contribution in [1.29, 1.82) is 5.26 Å². The van der Waals surface area contributed by atoms with Gasteiger partial charge in [-0.2, -0.15) is 5.26 Å². The lowest BCUT2D eigenvalue weighted by Gasteiger charge is -2.15. The average Bonchev–Trinajstić information content (AvgIpc) is 2.60. The Balaban J connectivity index is 1.89. The molecule has 0 fully saturated rings. The van der Waals surface area contributed by atoms with Crippen LogP contribution in [0.5, 0.6) is 5.75 Å². The van der Waals surface area contributed by atoms with E-state index in [1.165, 1.54) is 6.92 Å². The van der Waals surface area contributed by atoms with E-state index < -0.39 is 18.0 Å². The minimum atomic E-state index is -0.993. The van der Waals surface area contributed by atoms with Gasteiger partial charge in [0.15, 0.2) is 12.7 Å². The van der Waals surface area contributed by atoms with Crippen molar-refractivity contribution in [2.75, 3.05) is 11.9 Å². The van der Waals surface area contributed by atoms with Crippen molar-refractivity contribution in [3.63, 3.8) is 0 Å². The summed E-state index contributed by atoms with van der Waals surface area (Å²) in [5.74, 6) is -0.480. The van der Waals surface area contributed by atoms with Gasteiger partial charge < -0.3 is 14.8 Å². The molecule has 6 nitrogen and oxygen atoms in total. The fraction of sp³-hybridized carbons (Fsp3) is 0.286. The highest BCUT2D eigenvalue weighted by molar-refractivity contribution is 5.95. The summed E-state index contributed by atoms with van der Waals surface area (Å²) in [6, 6.07) is 12.4. The fourth-order valence-electron chi connectivity index (χ4n) is 2.72. The number of nitrogens with zero attached hydrogens (tertiary/aromatic N) is 1. The fourth-order valence-corrected chi connectivity index (χ4v) is 2.72. The van der Waals surface area contributed by atoms with Gasteiger partial charge >= 0.3 is 5.97 Å². The van der Waals surface area contributed by atoms with Crippen LogP contribution in [0.15, 0.2) is 36.4 Å². The Hall–Kier alpha value is -3.33. The summed E-state index contributed by atoms with van der Waals surface area (Å²) in [4.78, 5) is 24.2. The molecule has 0 heterocycles. The summed E-state index contributed by atoms with van der Waals surface area (Å²) in [6.45, 7) is 7.00. The number of ether oxygens (including phenoxy) is 2. The topological polar surface area (TPSA) is 88.4 Å². The summed E-state index contributed by atoms with van der Waals surface area (Å²) in [6.07, 6.45) is -0.993. The van der Waals surface area contributed by atoms with E-state index in [0.717, 1.165) is 16.7 Å². The number of esters is 1. The molecule has 0 aliphatic carbocycles. The molecule has 2 aromatic rings. The number of carbonyl (C=O) groups is 2. The Labute approximate surface area is 158 Å². The average molecular weight is 366 g/mol. The Bertz CT molecular complexity index is 876. The zero-order chi connectivity index (χ0) is 20.0. The summed E-state index contributed by atoms with van der Waals surface area (Å²) in [5.41, 5.74) is 3.87. The quantitative estimate of drug-likeness (QED) is 0.791. The zero-order valence-corrected chi connectivity index (χ0v) is 15.8. The molecule has 0 aliphatic heterocycles. The lowest BCUT2D eigenvalue weighted by Crippen LogP contribution is -2.31. The van der Waals surface area contributed by atoms with Gasteiger partial charge in [0.05, 0.1) is 11.6 Å². The molecular weight excluding hydrogens is 344 g/mol. The number of hydrogen-bond acceptors (Lipinski definition) is 5. The smallest absolute Gasteiger partial charge is 0.344 e. The summed E-state index contributed by atoms with van der Waals surface area (Å²) >= 11 is 0. The molecule has 0 aromatic heterocycles. The van der Waals surface area contributed by atoms with Crippen LogP contribution in [0.25, 0.3) is 0 Å². The first-order valence-electron chi connectivity index (χ1n) is 8.51. The summed E-state index contributed by atoms with van der Waals surface area (Å²) in [5, 5.41) is 11.5. The first-order valence-corrected chi connectivity index (χ1v) is 8.51. The first-order chi connectivity index (χ1) is 12.8. The Kier molecular flexibility index (Phi) is 6.56. The molecule has 1 amide bonds. The lowest BCUT2D eigenvalue weighted by atomic mass is 10.1. The number of nitriles is 1. The third-order valence-electron chi connectivity index (χ3n) is 3.88. The largest absolute Gasteiger partial charge is 0.481 e. The standard InChI is InChI=1S/C21H22N2O4/c1-13-8-14(2)20(15(3)9-13)26-12-19(24)27-16(4)21(25)23-18-7-5-6-17(10-18)11-22/h5-10,16H,12H2,1-4H3,(H,23,25)/t16-/m0/s1. The third kappa shape index (κ3) is 5.58. The molecule has 0 spiro atoms. The molecule has 0 saturated heterocycles. The zero-order valence-electron chi connectivity index (χ0n) is 15.8. The molecule has 2 rings (SSSR count). The Morgan fingerprint density at radius 3 is 2.44 bits per heavy atom. The molecule has 27 heavy (non-hydrogen) atoms. The van der Waals surface area contributed by atoms with E-state index in [0.29, 0.717) is 17.0 Å². The van der Waals surface area contributed by atoms with Gasteiger partial charge in [0.1, 0.15) is 5.75 Å². The SMILES string of the molecule is Cc1cc(C)c(OCC(=O)O[C@@H](C)C(=O)Nc2cccc(C#N)c2)c(C)c1. The molecular formula is C21H22N2O4. The number of aryl methyl sites for hydroxylation is 3. The van der Waals surface area contributed by atoms with E-state index in [2.05, 4.69) is 5.32 Å². The van der Waals surface area contributed by atoms with Gasteiger partial charge in [-0.1, -0.05) is 23.8 Å². The van der Waals surface area contributed by atoms with Crippen molar-refractivity contribution < 1.29 is 19.1 Å². The maximum atomic E-state index is 12.2. The van der Waals surface area contributed by atoms with Crippen LogP contribution >= 0.6 is 0 Å². The second-order valence-corrected chi connectivity index (χ2v) is 6.33. The molecule has 0 aliphatic rings. The van der Waals surface area contributed by atoms with E-state index in [4.69, 9.17) is 14.7 Å². The van der Waals surface area contributed by atoms with Gasteiger partial charge in [0.2, 0.25) is 0 Å². The van der Waals surface area contributed by atoms with Gasteiger partial charge in [-0.3, -0.25) is 4.79 Å². The van der Waals surface area contributed by atoms with Gasteiger partial charge in [0.25, 0.3) is 5.91 Å². The second kappa shape index (κ2) is 8.86. The number of hydrogen-bond donors (Lipinski definition) is 1. The van der Waals surface area contributed by atoms with Crippen molar-refractivity contribution in [1.82, 2.24) is 0 Å². The van der Waals surface area contributed by atoms with Crippen molar-refractivity contribution in [2.24, 2.45) is 0 Å². The maximum Gasteiger partial charge on any atom is 0.344 e. The second-order valence-electron chi connectivity index (χ2n) is 6.33. The van der Waals surface area contributed by atoms with E-state index in [-0.39, 0.29) is 6.61 Å². The lowest BCUT2D eigenvalue weighted by molar-refractivity contribution is -0.155. The molecule has 2 aromatic carbocycles. The Morgan fingerprint density at radius 2 is 1.81 bits per heavy atom. The Morgan fingerprint density at radius 1 is 1.15 bits per heavy atom. The van der Waals surface area contributed by atoms with Crippen LogP contribution in [-0.2, 0) is 14.3 Å². The molecule has 140 valence electrons. The molecule has 0 bridgehead atoms. The maximum absolute atomic E-state index is 12.2. The molecule has 1 N–H and O–H groups in total. The van der Waals surface area contributed by atoms with Crippen LogP contribution in [0, 0.1) is 32.1 Å². The van der Waals surface area contributed by atoms with Crippen molar-refractivity contribution in [3.05, 3.63) is 58.7 Å². The molecule has 6 heteroatoms. The number of amides is 1. The van der Waals surface area contributed by atoms with Crippen molar-refractivity contribution >= 4 is 17.6 Å². The number of benzene rings is 2. The van der Waals surface area contributed by atoms with E-state index in [1.807, 2.05) is 39.0 Å². The van der Waals surface area contributed by atoms with Crippen LogP contribution in [-0.4, -0.2) is 24.6 Å². The highest BCUT2D eigenvalue weighted by Gasteiger charge is 2.19. The highest BCUT2D eigenvalue weighted by atomic mass is 16.6. The van der Waals surface area contributed by atoms with Crippen molar-refractivity contribution in [3.8, 4) is 11.8 Å². The molecule has 0 radical (unpaired) electrons. The van der Waals surface area contributed by atoms with Gasteiger partial charge in [0, 0.05) is 5.69 Å². The number of anilines is 1. The minimum absolute atomic E-state index is 0.285. The van der Waals surface area contributed by atoms with Gasteiger partial charge in [-0.25, -0.2) is 4.79 Å². The monoisotopic (exact) mass is 366 g/mol. The molecule has 0 saturated carbocycles. The van der Waals surface area contributed by atoms with E-state index in [1.54, 1.807) is 24.3 Å². The highest BCUT2D eigenvalue weighted by Crippen LogP contribution is 2.24. The predicted octanol–water partition coefficient (Wildman–Crippen LogP) is 3.43. The number of carbonyl (C=O) groups excluding carboxylic acids is 2. The summed E-state index contributed by atoms with van der Waals surface area (Å²) < 4.78 is 10.7. The molecule has 1 atom stereocenters. The summed E-state index contributed by atoms with van der Waals surface area (Å²) in [7, 11) is 0. The normalized spacial score (nSPS) is 11.2.